The summed E-state index contributed by atoms with van der Waals surface area (Å²) in [5.41, 5.74) is 5.55. The monoisotopic (exact) mass is 184 g/mol. The van der Waals surface area contributed by atoms with Gasteiger partial charge in [0.1, 0.15) is 0 Å². The fourth-order valence-corrected chi connectivity index (χ4v) is 2.08. The van der Waals surface area contributed by atoms with Crippen LogP contribution >= 0.6 is 0 Å². The fourth-order valence-electron chi connectivity index (χ4n) is 2.08. The van der Waals surface area contributed by atoms with E-state index in [1.54, 1.807) is 6.92 Å². The number of ether oxygens (including phenoxy) is 1. The van der Waals surface area contributed by atoms with Gasteiger partial charge in [0, 0.05) is 13.1 Å². The molecule has 2 aliphatic rings. The number of amides is 1. The summed E-state index contributed by atoms with van der Waals surface area (Å²) in [6.45, 7) is 3.20. The molecule has 74 valence electrons. The molecule has 2 bridgehead atoms. The average Bonchev–Trinajstić information content (AvgIpc) is 2.44. The molecule has 0 aliphatic carbocycles. The number of carbonyl (C=O) groups excluding carboxylic acids is 1. The highest BCUT2D eigenvalue weighted by atomic mass is 16.5. The van der Waals surface area contributed by atoms with Crippen molar-refractivity contribution in [2.45, 2.75) is 38.0 Å². The molecule has 0 saturated carbocycles. The van der Waals surface area contributed by atoms with E-state index in [1.165, 1.54) is 0 Å². The fraction of sp³-hybridized carbons (Fsp3) is 0.889. The van der Waals surface area contributed by atoms with Gasteiger partial charge in [0.05, 0.1) is 18.2 Å². The van der Waals surface area contributed by atoms with E-state index in [4.69, 9.17) is 10.5 Å². The van der Waals surface area contributed by atoms with Gasteiger partial charge in [-0.1, -0.05) is 0 Å². The summed E-state index contributed by atoms with van der Waals surface area (Å²) >= 11 is 0. The van der Waals surface area contributed by atoms with E-state index >= 15 is 0 Å². The van der Waals surface area contributed by atoms with Crippen molar-refractivity contribution in [3.05, 3.63) is 0 Å². The zero-order chi connectivity index (χ0) is 9.42. The molecule has 2 rings (SSSR count). The van der Waals surface area contributed by atoms with Gasteiger partial charge in [-0.25, -0.2) is 0 Å². The smallest absolute Gasteiger partial charge is 0.239 e. The number of likely N-dealkylation sites (tertiary alicyclic amines) is 1. The Labute approximate surface area is 78.0 Å². The molecule has 0 aromatic carbocycles. The molecular weight excluding hydrogens is 168 g/mol. The largest absolute Gasteiger partial charge is 0.371 e. The molecule has 4 nitrogen and oxygen atoms in total. The first-order valence-electron chi connectivity index (χ1n) is 4.86. The van der Waals surface area contributed by atoms with Gasteiger partial charge in [-0.3, -0.25) is 4.79 Å². The first-order valence-corrected chi connectivity index (χ1v) is 4.86. The second-order valence-corrected chi connectivity index (χ2v) is 3.99. The van der Waals surface area contributed by atoms with E-state index in [1.807, 2.05) is 4.90 Å². The SMILES string of the molecule is C[C@@H](N)C(=O)N1CC2CCC(C1)O2. The van der Waals surface area contributed by atoms with Gasteiger partial charge < -0.3 is 15.4 Å². The summed E-state index contributed by atoms with van der Waals surface area (Å²) < 4.78 is 5.62. The van der Waals surface area contributed by atoms with Crippen molar-refractivity contribution in [2.24, 2.45) is 5.73 Å². The normalized spacial score (nSPS) is 34.8. The maximum atomic E-state index is 11.6. The number of hydrogen-bond donors (Lipinski definition) is 1. The number of rotatable bonds is 1. The quantitative estimate of drug-likeness (QED) is 0.610. The maximum Gasteiger partial charge on any atom is 0.239 e. The van der Waals surface area contributed by atoms with Crippen molar-refractivity contribution >= 4 is 5.91 Å². The van der Waals surface area contributed by atoms with Gasteiger partial charge in [-0.15, -0.1) is 0 Å². The van der Waals surface area contributed by atoms with E-state index in [2.05, 4.69) is 0 Å². The second kappa shape index (κ2) is 3.27. The van der Waals surface area contributed by atoms with Gasteiger partial charge in [0.25, 0.3) is 0 Å². The van der Waals surface area contributed by atoms with E-state index in [0.717, 1.165) is 25.9 Å². The van der Waals surface area contributed by atoms with Crippen molar-refractivity contribution in [3.63, 3.8) is 0 Å². The zero-order valence-electron chi connectivity index (χ0n) is 7.90. The molecule has 2 fully saturated rings. The molecule has 0 radical (unpaired) electrons. The van der Waals surface area contributed by atoms with E-state index in [0.29, 0.717) is 0 Å². The van der Waals surface area contributed by atoms with Crippen molar-refractivity contribution in [1.29, 1.82) is 0 Å². The third kappa shape index (κ3) is 1.69. The van der Waals surface area contributed by atoms with Gasteiger partial charge in [-0.05, 0) is 19.8 Å². The van der Waals surface area contributed by atoms with Crippen LogP contribution in [0.25, 0.3) is 0 Å². The number of carbonyl (C=O) groups is 1. The topological polar surface area (TPSA) is 55.6 Å². The van der Waals surface area contributed by atoms with Crippen LogP contribution in [0, 0.1) is 0 Å². The van der Waals surface area contributed by atoms with Crippen LogP contribution in [0.5, 0.6) is 0 Å². The molecule has 2 unspecified atom stereocenters. The lowest BCUT2D eigenvalue weighted by molar-refractivity contribution is -0.140. The first kappa shape index (κ1) is 8.97. The van der Waals surface area contributed by atoms with Gasteiger partial charge in [0.2, 0.25) is 5.91 Å². The molecule has 2 N–H and O–H groups in total. The Bertz CT molecular complexity index is 206. The molecule has 2 heterocycles. The molecular formula is C9H16N2O2. The average molecular weight is 184 g/mol. The molecule has 3 atom stereocenters. The zero-order valence-corrected chi connectivity index (χ0v) is 7.90. The number of nitrogens with two attached hydrogens (primary N) is 1. The Morgan fingerprint density at radius 2 is 2.00 bits per heavy atom. The van der Waals surface area contributed by atoms with Gasteiger partial charge in [0.15, 0.2) is 0 Å². The predicted molar refractivity (Wildman–Crippen MR) is 48.1 cm³/mol. The third-order valence-electron chi connectivity index (χ3n) is 2.74. The lowest BCUT2D eigenvalue weighted by Gasteiger charge is -2.33. The Balaban J connectivity index is 1.98. The van der Waals surface area contributed by atoms with Gasteiger partial charge in [-0.2, -0.15) is 0 Å². The predicted octanol–water partition coefficient (Wildman–Crippen LogP) is -0.277. The molecule has 0 aromatic rings. The van der Waals surface area contributed by atoms with Crippen molar-refractivity contribution in [1.82, 2.24) is 4.90 Å². The Morgan fingerprint density at radius 3 is 2.46 bits per heavy atom. The minimum Gasteiger partial charge on any atom is -0.371 e. The summed E-state index contributed by atoms with van der Waals surface area (Å²) in [6, 6.07) is -0.377. The van der Waals surface area contributed by atoms with Crippen molar-refractivity contribution in [2.75, 3.05) is 13.1 Å². The van der Waals surface area contributed by atoms with Crippen LogP contribution in [-0.4, -0.2) is 42.1 Å². The minimum absolute atomic E-state index is 0.0557. The standard InChI is InChI=1S/C9H16N2O2/c1-6(10)9(12)11-4-7-2-3-8(5-11)13-7/h6-8H,2-5,10H2,1H3/t6-,7?,8?/m1/s1. The summed E-state index contributed by atoms with van der Waals surface area (Å²) in [5, 5.41) is 0. The van der Waals surface area contributed by atoms with Crippen LogP contribution in [-0.2, 0) is 9.53 Å². The third-order valence-corrected chi connectivity index (χ3v) is 2.74. The van der Waals surface area contributed by atoms with Crippen molar-refractivity contribution < 1.29 is 9.53 Å². The highest BCUT2D eigenvalue weighted by molar-refractivity contribution is 5.81. The maximum absolute atomic E-state index is 11.6. The Kier molecular flexibility index (Phi) is 2.26. The van der Waals surface area contributed by atoms with E-state index in [-0.39, 0.29) is 24.2 Å². The van der Waals surface area contributed by atoms with Crippen LogP contribution in [0.15, 0.2) is 0 Å². The number of nitrogens with zero attached hydrogens (tertiary/aromatic N) is 1. The lowest BCUT2D eigenvalue weighted by atomic mass is 10.2. The summed E-state index contributed by atoms with van der Waals surface area (Å²) in [5.74, 6) is 0.0557. The van der Waals surface area contributed by atoms with Crippen LogP contribution < -0.4 is 5.73 Å². The summed E-state index contributed by atoms with van der Waals surface area (Å²) in [7, 11) is 0. The number of fused-ring (bicyclic) bond motifs is 2. The molecule has 0 spiro atoms. The molecule has 0 aromatic heterocycles. The van der Waals surface area contributed by atoms with Crippen LogP contribution in [0.3, 0.4) is 0 Å². The van der Waals surface area contributed by atoms with Crippen molar-refractivity contribution in [3.8, 4) is 0 Å². The van der Waals surface area contributed by atoms with Crippen LogP contribution in [0.1, 0.15) is 19.8 Å². The van der Waals surface area contributed by atoms with E-state index in [9.17, 15) is 4.79 Å². The highest BCUT2D eigenvalue weighted by Crippen LogP contribution is 2.26. The Morgan fingerprint density at radius 1 is 1.46 bits per heavy atom. The Hall–Kier alpha value is -0.610. The molecule has 2 saturated heterocycles. The number of morpholine rings is 1. The molecule has 13 heavy (non-hydrogen) atoms. The molecule has 4 heteroatoms. The van der Waals surface area contributed by atoms with Crippen LogP contribution in [0.2, 0.25) is 0 Å². The van der Waals surface area contributed by atoms with Crippen LogP contribution in [0.4, 0.5) is 0 Å². The number of hydrogen-bond acceptors (Lipinski definition) is 3. The first-order chi connectivity index (χ1) is 6.16. The van der Waals surface area contributed by atoms with Gasteiger partial charge >= 0.3 is 0 Å². The van der Waals surface area contributed by atoms with E-state index < -0.39 is 0 Å². The minimum atomic E-state index is -0.377. The molecule has 1 amide bonds. The lowest BCUT2D eigenvalue weighted by Crippen LogP contribution is -2.50. The summed E-state index contributed by atoms with van der Waals surface area (Å²) in [6.07, 6.45) is 2.71. The highest BCUT2D eigenvalue weighted by Gasteiger charge is 2.36. The molecule has 2 aliphatic heterocycles. The second-order valence-electron chi connectivity index (χ2n) is 3.99. The summed E-state index contributed by atoms with van der Waals surface area (Å²) in [4.78, 5) is 13.4.